The van der Waals surface area contributed by atoms with Gasteiger partial charge in [0.2, 0.25) is 11.8 Å². The van der Waals surface area contributed by atoms with E-state index < -0.39 is 23.8 Å². The van der Waals surface area contributed by atoms with Crippen molar-refractivity contribution in [2.45, 2.75) is 25.9 Å². The molecule has 9 heteroatoms. The molecule has 0 spiro atoms. The number of amides is 4. The lowest BCUT2D eigenvalue weighted by atomic mass is 10.0. The number of hydrazine groups is 1. The van der Waals surface area contributed by atoms with Crippen LogP contribution < -0.4 is 21.5 Å². The average molecular weight is 372 g/mol. The van der Waals surface area contributed by atoms with Gasteiger partial charge >= 0.3 is 11.8 Å². The van der Waals surface area contributed by atoms with Gasteiger partial charge in [0.15, 0.2) is 0 Å². The summed E-state index contributed by atoms with van der Waals surface area (Å²) in [6.07, 6.45) is 1.33. The summed E-state index contributed by atoms with van der Waals surface area (Å²) in [5.74, 6) is -2.32. The van der Waals surface area contributed by atoms with Crippen LogP contribution in [0, 0.1) is 0 Å². The Morgan fingerprint density at radius 1 is 0.963 bits per heavy atom. The van der Waals surface area contributed by atoms with E-state index in [0.29, 0.717) is 5.76 Å². The molecule has 0 aliphatic rings. The van der Waals surface area contributed by atoms with Crippen molar-refractivity contribution in [3.05, 3.63) is 60.1 Å². The quantitative estimate of drug-likeness (QED) is 0.428. The zero-order valence-electron chi connectivity index (χ0n) is 14.7. The molecule has 0 radical (unpaired) electrons. The second-order valence-corrected chi connectivity index (χ2v) is 5.63. The van der Waals surface area contributed by atoms with Crippen LogP contribution in [-0.2, 0) is 25.7 Å². The third-order valence-electron chi connectivity index (χ3n) is 3.49. The van der Waals surface area contributed by atoms with E-state index in [0.717, 1.165) is 5.56 Å². The van der Waals surface area contributed by atoms with Crippen LogP contribution in [0.3, 0.4) is 0 Å². The lowest BCUT2D eigenvalue weighted by Crippen LogP contribution is -2.49. The molecule has 27 heavy (non-hydrogen) atoms. The van der Waals surface area contributed by atoms with E-state index in [1.807, 2.05) is 11.5 Å². The van der Waals surface area contributed by atoms with Crippen LogP contribution in [0.15, 0.2) is 53.1 Å². The SMILES string of the molecule is CC(=O)N[C@@H](CC(=O)NNC(=O)C(=O)NCc1ccco1)c1ccccc1. The van der Waals surface area contributed by atoms with Gasteiger partial charge < -0.3 is 15.1 Å². The molecule has 142 valence electrons. The van der Waals surface area contributed by atoms with Crippen LogP contribution in [0.1, 0.15) is 30.7 Å². The summed E-state index contributed by atoms with van der Waals surface area (Å²) in [5, 5.41) is 5.02. The smallest absolute Gasteiger partial charge is 0.327 e. The van der Waals surface area contributed by atoms with Crippen molar-refractivity contribution in [1.29, 1.82) is 0 Å². The highest BCUT2D eigenvalue weighted by Crippen LogP contribution is 2.16. The molecule has 0 saturated heterocycles. The van der Waals surface area contributed by atoms with Crippen LogP contribution in [0.25, 0.3) is 0 Å². The number of hydrogen-bond donors (Lipinski definition) is 4. The van der Waals surface area contributed by atoms with E-state index in [1.165, 1.54) is 13.2 Å². The first kappa shape index (κ1) is 19.7. The van der Waals surface area contributed by atoms with E-state index >= 15 is 0 Å². The molecule has 0 saturated carbocycles. The summed E-state index contributed by atoms with van der Waals surface area (Å²) in [6, 6.07) is 11.7. The third kappa shape index (κ3) is 6.65. The number of hydrogen-bond acceptors (Lipinski definition) is 5. The average Bonchev–Trinajstić information content (AvgIpc) is 3.17. The molecule has 0 bridgehead atoms. The van der Waals surface area contributed by atoms with Gasteiger partial charge in [-0.15, -0.1) is 0 Å². The minimum atomic E-state index is -1.02. The highest BCUT2D eigenvalue weighted by Gasteiger charge is 2.19. The molecule has 0 aliphatic heterocycles. The molecule has 1 heterocycles. The fourth-order valence-electron chi connectivity index (χ4n) is 2.26. The normalized spacial score (nSPS) is 11.1. The van der Waals surface area contributed by atoms with E-state index in [9.17, 15) is 19.2 Å². The molecule has 1 aromatic heterocycles. The second-order valence-electron chi connectivity index (χ2n) is 5.63. The Morgan fingerprint density at radius 2 is 1.70 bits per heavy atom. The minimum Gasteiger partial charge on any atom is -0.467 e. The summed E-state index contributed by atoms with van der Waals surface area (Å²) < 4.78 is 5.03. The Balaban J connectivity index is 1.81. The molecule has 0 unspecified atom stereocenters. The Morgan fingerprint density at radius 3 is 2.33 bits per heavy atom. The standard InChI is InChI=1S/C18H20N4O5/c1-12(23)20-15(13-6-3-2-4-7-13)10-16(24)21-22-18(26)17(25)19-11-14-8-5-9-27-14/h2-9,15H,10-11H2,1H3,(H,19,25)(H,20,23)(H,21,24)(H,22,26)/t15-/m0/s1. The van der Waals surface area contributed by atoms with Gasteiger partial charge in [-0.1, -0.05) is 30.3 Å². The zero-order valence-corrected chi connectivity index (χ0v) is 14.7. The predicted molar refractivity (Wildman–Crippen MR) is 94.5 cm³/mol. The van der Waals surface area contributed by atoms with Gasteiger partial charge in [-0.25, -0.2) is 0 Å². The van der Waals surface area contributed by atoms with Crippen molar-refractivity contribution < 1.29 is 23.6 Å². The summed E-state index contributed by atoms with van der Waals surface area (Å²) in [5.41, 5.74) is 4.93. The number of carbonyl (C=O) groups is 4. The Bertz CT molecular complexity index is 789. The van der Waals surface area contributed by atoms with Crippen LogP contribution in [-0.4, -0.2) is 23.6 Å². The molecule has 4 amide bonds. The number of nitrogens with one attached hydrogen (secondary N) is 4. The fourth-order valence-corrected chi connectivity index (χ4v) is 2.26. The van der Waals surface area contributed by atoms with Gasteiger partial charge in [-0.2, -0.15) is 0 Å². The lowest BCUT2D eigenvalue weighted by molar-refractivity contribution is -0.141. The Labute approximate surface area is 155 Å². The van der Waals surface area contributed by atoms with E-state index in [1.54, 1.807) is 36.4 Å². The van der Waals surface area contributed by atoms with Crippen LogP contribution >= 0.6 is 0 Å². The highest BCUT2D eigenvalue weighted by molar-refractivity contribution is 6.35. The van der Waals surface area contributed by atoms with E-state index in [-0.39, 0.29) is 18.9 Å². The van der Waals surface area contributed by atoms with Gasteiger partial charge in [0, 0.05) is 6.92 Å². The first-order chi connectivity index (χ1) is 13.0. The number of carbonyl (C=O) groups excluding carboxylic acids is 4. The molecular formula is C18H20N4O5. The molecule has 0 aliphatic carbocycles. The second kappa shape index (κ2) is 9.76. The van der Waals surface area contributed by atoms with Crippen LogP contribution in [0.4, 0.5) is 0 Å². The summed E-state index contributed by atoms with van der Waals surface area (Å²) in [6.45, 7) is 1.39. The molecule has 9 nitrogen and oxygen atoms in total. The monoisotopic (exact) mass is 372 g/mol. The first-order valence-corrected chi connectivity index (χ1v) is 8.17. The maximum Gasteiger partial charge on any atom is 0.327 e. The Kier molecular flexibility index (Phi) is 7.12. The summed E-state index contributed by atoms with van der Waals surface area (Å²) in [7, 11) is 0. The summed E-state index contributed by atoms with van der Waals surface area (Å²) in [4.78, 5) is 46.8. The Hall–Kier alpha value is -3.62. The van der Waals surface area contributed by atoms with Gasteiger partial charge in [0.1, 0.15) is 5.76 Å². The molecule has 1 aromatic carbocycles. The van der Waals surface area contributed by atoms with Gasteiger partial charge in [-0.3, -0.25) is 30.0 Å². The molecule has 2 aromatic rings. The van der Waals surface area contributed by atoms with E-state index in [4.69, 9.17) is 4.42 Å². The van der Waals surface area contributed by atoms with Crippen molar-refractivity contribution in [3.63, 3.8) is 0 Å². The third-order valence-corrected chi connectivity index (χ3v) is 3.49. The van der Waals surface area contributed by atoms with Gasteiger partial charge in [0.25, 0.3) is 0 Å². The van der Waals surface area contributed by atoms with Crippen LogP contribution in [0.2, 0.25) is 0 Å². The molecule has 2 rings (SSSR count). The largest absolute Gasteiger partial charge is 0.467 e. The number of benzene rings is 1. The van der Waals surface area contributed by atoms with Gasteiger partial charge in [0.05, 0.1) is 25.3 Å². The molecule has 0 fully saturated rings. The fraction of sp³-hybridized carbons (Fsp3) is 0.222. The lowest BCUT2D eigenvalue weighted by Gasteiger charge is -2.18. The predicted octanol–water partition coefficient (Wildman–Crippen LogP) is 0.311. The highest BCUT2D eigenvalue weighted by atomic mass is 16.3. The molecular weight excluding hydrogens is 352 g/mol. The maximum atomic E-state index is 12.1. The maximum absolute atomic E-state index is 12.1. The minimum absolute atomic E-state index is 0.0474. The zero-order chi connectivity index (χ0) is 19.6. The van der Waals surface area contributed by atoms with E-state index in [2.05, 4.69) is 16.1 Å². The molecule has 1 atom stereocenters. The number of furan rings is 1. The van der Waals surface area contributed by atoms with Crippen molar-refractivity contribution in [2.24, 2.45) is 0 Å². The molecule has 4 N–H and O–H groups in total. The first-order valence-electron chi connectivity index (χ1n) is 8.17. The topological polar surface area (TPSA) is 130 Å². The van der Waals surface area contributed by atoms with Crippen molar-refractivity contribution >= 4 is 23.6 Å². The number of rotatable bonds is 6. The van der Waals surface area contributed by atoms with Crippen LogP contribution in [0.5, 0.6) is 0 Å². The van der Waals surface area contributed by atoms with Gasteiger partial charge in [-0.05, 0) is 17.7 Å². The van der Waals surface area contributed by atoms with Crippen molar-refractivity contribution in [3.8, 4) is 0 Å². The summed E-state index contributed by atoms with van der Waals surface area (Å²) >= 11 is 0. The van der Waals surface area contributed by atoms with Crippen molar-refractivity contribution in [2.75, 3.05) is 0 Å². The van der Waals surface area contributed by atoms with Crippen molar-refractivity contribution in [1.82, 2.24) is 21.5 Å².